The van der Waals surface area contributed by atoms with E-state index >= 15 is 0 Å². The Bertz CT molecular complexity index is 1070. The second-order valence-corrected chi connectivity index (χ2v) is 6.95. The van der Waals surface area contributed by atoms with Crippen LogP contribution in [0.2, 0.25) is 0 Å². The molecule has 2 aromatic carbocycles. The van der Waals surface area contributed by atoms with Crippen LogP contribution in [0.3, 0.4) is 0 Å². The van der Waals surface area contributed by atoms with Crippen molar-refractivity contribution in [2.45, 2.75) is 4.90 Å². The van der Waals surface area contributed by atoms with Crippen molar-refractivity contribution in [3.8, 4) is 5.75 Å². The van der Waals surface area contributed by atoms with Gasteiger partial charge in [0.2, 0.25) is 15.9 Å². The lowest BCUT2D eigenvalue weighted by atomic mass is 10.2. The summed E-state index contributed by atoms with van der Waals surface area (Å²) in [5.41, 5.74) is 0.995. The van der Waals surface area contributed by atoms with Crippen molar-refractivity contribution in [3.05, 3.63) is 60.4 Å². The molecule has 134 valence electrons. The van der Waals surface area contributed by atoms with E-state index < -0.39 is 15.9 Å². The van der Waals surface area contributed by atoms with E-state index in [-0.39, 0.29) is 16.3 Å². The van der Waals surface area contributed by atoms with Gasteiger partial charge >= 0.3 is 0 Å². The fraction of sp³-hybridized carbons (Fsp3) is 0.0556. The molecule has 0 saturated heterocycles. The van der Waals surface area contributed by atoms with Crippen LogP contribution in [0, 0.1) is 0 Å². The fourth-order valence-corrected chi connectivity index (χ4v) is 3.13. The van der Waals surface area contributed by atoms with E-state index in [2.05, 4.69) is 5.32 Å². The highest BCUT2D eigenvalue weighted by atomic mass is 32.2. The molecule has 26 heavy (non-hydrogen) atoms. The number of hydrogen-bond acceptors (Lipinski definition) is 5. The standard InChI is InChI=1S/C18H16N2O5S/c1-24-16-8-6-13(11-17(16)26(19,22)23)20-18(21)9-7-14-10-12-4-2-3-5-15(12)25-14/h2-11H,1H3,(H,20,21)(H2,19,22,23)/b9-7+. The minimum atomic E-state index is -3.98. The third-order valence-corrected chi connectivity index (χ3v) is 4.51. The van der Waals surface area contributed by atoms with Gasteiger partial charge in [-0.3, -0.25) is 4.79 Å². The summed E-state index contributed by atoms with van der Waals surface area (Å²) in [6.45, 7) is 0. The average Bonchev–Trinajstić information content (AvgIpc) is 3.02. The predicted molar refractivity (Wildman–Crippen MR) is 98.2 cm³/mol. The fourth-order valence-electron chi connectivity index (χ4n) is 2.40. The van der Waals surface area contributed by atoms with Crippen LogP contribution in [-0.2, 0) is 14.8 Å². The molecule has 3 N–H and O–H groups in total. The number of methoxy groups -OCH3 is 1. The van der Waals surface area contributed by atoms with E-state index in [0.29, 0.717) is 5.76 Å². The number of nitrogens with one attached hydrogen (secondary N) is 1. The molecule has 8 heteroatoms. The van der Waals surface area contributed by atoms with Crippen molar-refractivity contribution in [1.82, 2.24) is 0 Å². The average molecular weight is 372 g/mol. The molecule has 0 saturated carbocycles. The third kappa shape index (κ3) is 3.93. The summed E-state index contributed by atoms with van der Waals surface area (Å²) in [5.74, 6) is 0.181. The summed E-state index contributed by atoms with van der Waals surface area (Å²) in [4.78, 5) is 11.9. The highest BCUT2D eigenvalue weighted by Crippen LogP contribution is 2.26. The van der Waals surface area contributed by atoms with Crippen molar-refractivity contribution >= 4 is 38.7 Å². The first-order valence-electron chi connectivity index (χ1n) is 7.55. The van der Waals surface area contributed by atoms with Crippen LogP contribution in [0.4, 0.5) is 5.69 Å². The van der Waals surface area contributed by atoms with E-state index in [1.54, 1.807) is 0 Å². The molecule has 0 aliphatic rings. The molecule has 1 amide bonds. The Kier molecular flexibility index (Phi) is 4.79. The molecule has 0 fully saturated rings. The number of fused-ring (bicyclic) bond motifs is 1. The summed E-state index contributed by atoms with van der Waals surface area (Å²) >= 11 is 0. The second-order valence-electron chi connectivity index (χ2n) is 5.42. The van der Waals surface area contributed by atoms with Gasteiger partial charge in [0.25, 0.3) is 0 Å². The van der Waals surface area contributed by atoms with Crippen LogP contribution >= 0.6 is 0 Å². The van der Waals surface area contributed by atoms with Crippen molar-refractivity contribution in [2.75, 3.05) is 12.4 Å². The molecular weight excluding hydrogens is 356 g/mol. The molecule has 0 radical (unpaired) electrons. The van der Waals surface area contributed by atoms with Gasteiger partial charge in [0, 0.05) is 17.1 Å². The van der Waals surface area contributed by atoms with Gasteiger partial charge in [-0.05, 0) is 36.4 Å². The van der Waals surface area contributed by atoms with E-state index in [1.165, 1.54) is 37.5 Å². The maximum Gasteiger partial charge on any atom is 0.248 e. The molecule has 7 nitrogen and oxygen atoms in total. The molecule has 0 spiro atoms. The maximum atomic E-state index is 12.1. The topological polar surface area (TPSA) is 112 Å². The number of ether oxygens (including phenoxy) is 1. The quantitative estimate of drug-likeness (QED) is 0.669. The van der Waals surface area contributed by atoms with Gasteiger partial charge in [0.1, 0.15) is 22.0 Å². The molecular formula is C18H16N2O5S. The first-order valence-corrected chi connectivity index (χ1v) is 9.10. The Balaban J connectivity index is 1.77. The van der Waals surface area contributed by atoms with E-state index in [4.69, 9.17) is 14.3 Å². The number of hydrogen-bond donors (Lipinski definition) is 2. The maximum absolute atomic E-state index is 12.1. The molecule has 3 aromatic rings. The van der Waals surface area contributed by atoms with Crippen molar-refractivity contribution in [1.29, 1.82) is 0 Å². The van der Waals surface area contributed by atoms with Crippen LogP contribution in [0.1, 0.15) is 5.76 Å². The number of rotatable bonds is 5. The second kappa shape index (κ2) is 7.03. The highest BCUT2D eigenvalue weighted by Gasteiger charge is 2.16. The lowest BCUT2D eigenvalue weighted by Gasteiger charge is -2.09. The molecule has 0 aliphatic carbocycles. The number of anilines is 1. The van der Waals surface area contributed by atoms with Gasteiger partial charge in [-0.1, -0.05) is 18.2 Å². The molecule has 3 rings (SSSR count). The lowest BCUT2D eigenvalue weighted by molar-refractivity contribution is -0.111. The molecule has 0 aliphatic heterocycles. The largest absolute Gasteiger partial charge is 0.495 e. The zero-order valence-electron chi connectivity index (χ0n) is 13.8. The zero-order valence-corrected chi connectivity index (χ0v) is 14.6. The number of benzene rings is 2. The predicted octanol–water partition coefficient (Wildman–Crippen LogP) is 2.74. The van der Waals surface area contributed by atoms with Crippen LogP contribution in [-0.4, -0.2) is 21.4 Å². The summed E-state index contributed by atoms with van der Waals surface area (Å²) in [6, 6.07) is 13.5. The number of sulfonamides is 1. The van der Waals surface area contributed by atoms with Gasteiger partial charge in [-0.15, -0.1) is 0 Å². The Morgan fingerprint density at radius 1 is 1.19 bits per heavy atom. The summed E-state index contributed by atoms with van der Waals surface area (Å²) in [6.07, 6.45) is 2.82. The number of furan rings is 1. The Labute approximate surface area is 150 Å². The summed E-state index contributed by atoms with van der Waals surface area (Å²) < 4.78 is 33.8. The van der Waals surface area contributed by atoms with Crippen LogP contribution in [0.15, 0.2) is 63.9 Å². The molecule has 0 bridgehead atoms. The van der Waals surface area contributed by atoms with E-state index in [0.717, 1.165) is 11.0 Å². The third-order valence-electron chi connectivity index (χ3n) is 3.58. The molecule has 1 heterocycles. The van der Waals surface area contributed by atoms with Gasteiger partial charge in [-0.25, -0.2) is 13.6 Å². The smallest absolute Gasteiger partial charge is 0.248 e. The van der Waals surface area contributed by atoms with Crippen molar-refractivity contribution in [2.24, 2.45) is 5.14 Å². The number of primary sulfonamides is 1. The van der Waals surface area contributed by atoms with Gasteiger partial charge in [0.15, 0.2) is 0 Å². The van der Waals surface area contributed by atoms with E-state index in [1.807, 2.05) is 30.3 Å². The summed E-state index contributed by atoms with van der Waals surface area (Å²) in [5, 5.41) is 8.66. The number of carbonyl (C=O) groups excluding carboxylic acids is 1. The van der Waals surface area contributed by atoms with Crippen LogP contribution < -0.4 is 15.2 Å². The Morgan fingerprint density at radius 3 is 2.65 bits per heavy atom. The van der Waals surface area contributed by atoms with E-state index in [9.17, 15) is 13.2 Å². The molecule has 0 unspecified atom stereocenters. The number of carbonyl (C=O) groups is 1. The van der Waals surface area contributed by atoms with Crippen molar-refractivity contribution < 1.29 is 22.4 Å². The first kappa shape index (κ1) is 17.7. The number of amides is 1. The minimum Gasteiger partial charge on any atom is -0.495 e. The van der Waals surface area contributed by atoms with Gasteiger partial charge in [-0.2, -0.15) is 0 Å². The lowest BCUT2D eigenvalue weighted by Crippen LogP contribution is -2.15. The zero-order chi connectivity index (χ0) is 18.7. The molecule has 1 aromatic heterocycles. The minimum absolute atomic E-state index is 0.100. The number of para-hydroxylation sites is 1. The summed E-state index contributed by atoms with van der Waals surface area (Å²) in [7, 11) is -2.65. The normalized spacial score (nSPS) is 11.8. The SMILES string of the molecule is COc1ccc(NC(=O)/C=C/c2cc3ccccc3o2)cc1S(N)(=O)=O. The van der Waals surface area contributed by atoms with Crippen LogP contribution in [0.25, 0.3) is 17.0 Å². The number of nitrogens with two attached hydrogens (primary N) is 1. The van der Waals surface area contributed by atoms with Crippen LogP contribution in [0.5, 0.6) is 5.75 Å². The molecule has 0 atom stereocenters. The van der Waals surface area contributed by atoms with Crippen molar-refractivity contribution in [3.63, 3.8) is 0 Å². The first-order chi connectivity index (χ1) is 12.4. The van der Waals surface area contributed by atoms with Gasteiger partial charge < -0.3 is 14.5 Å². The monoisotopic (exact) mass is 372 g/mol. The van der Waals surface area contributed by atoms with Gasteiger partial charge in [0.05, 0.1) is 7.11 Å². The Hall–Kier alpha value is -3.10. The highest BCUT2D eigenvalue weighted by molar-refractivity contribution is 7.89. The Morgan fingerprint density at radius 2 is 1.96 bits per heavy atom.